The smallest absolute Gasteiger partial charge is 0.146 e. The second-order valence-electron chi connectivity index (χ2n) is 4.79. The van der Waals surface area contributed by atoms with E-state index in [2.05, 4.69) is 18.7 Å². The first-order valence-corrected chi connectivity index (χ1v) is 5.87. The Bertz CT molecular complexity index is 378. The number of anilines is 1. The molecule has 0 aromatic heterocycles. The second kappa shape index (κ2) is 4.42. The van der Waals surface area contributed by atoms with Gasteiger partial charge in [0.15, 0.2) is 0 Å². The average Bonchev–Trinajstić information content (AvgIpc) is 2.57. The average molecular weight is 222 g/mol. The van der Waals surface area contributed by atoms with Crippen LogP contribution in [0, 0.1) is 11.7 Å². The van der Waals surface area contributed by atoms with Crippen LogP contribution in [0.15, 0.2) is 18.2 Å². The zero-order valence-electron chi connectivity index (χ0n) is 9.91. The van der Waals surface area contributed by atoms with Crippen LogP contribution in [0.1, 0.15) is 25.8 Å². The summed E-state index contributed by atoms with van der Waals surface area (Å²) in [5, 5.41) is 0. The fourth-order valence-electron chi connectivity index (χ4n) is 2.66. The lowest BCUT2D eigenvalue weighted by Crippen LogP contribution is -2.29. The molecule has 0 radical (unpaired) electrons. The monoisotopic (exact) mass is 222 g/mol. The highest BCUT2D eigenvalue weighted by Gasteiger charge is 2.29. The Labute approximate surface area is 96.2 Å². The molecule has 1 fully saturated rings. The molecule has 88 valence electrons. The summed E-state index contributed by atoms with van der Waals surface area (Å²) in [5.41, 5.74) is 7.29. The lowest BCUT2D eigenvalue weighted by Gasteiger charge is -2.26. The lowest BCUT2D eigenvalue weighted by atomic mass is 10.1. The van der Waals surface area contributed by atoms with Crippen molar-refractivity contribution < 1.29 is 4.39 Å². The van der Waals surface area contributed by atoms with Gasteiger partial charge in [-0.3, -0.25) is 0 Å². The predicted molar refractivity (Wildman–Crippen MR) is 64.9 cm³/mol. The van der Waals surface area contributed by atoms with Crippen molar-refractivity contribution in [1.29, 1.82) is 0 Å². The first-order valence-electron chi connectivity index (χ1n) is 5.87. The SMILES string of the molecule is CC1CC(C)N(c2c(F)cccc2CN)C1. The number of halogens is 1. The second-order valence-corrected chi connectivity index (χ2v) is 4.79. The molecular formula is C13H19FN2. The Morgan fingerprint density at radius 1 is 1.44 bits per heavy atom. The van der Waals surface area contributed by atoms with E-state index in [-0.39, 0.29) is 5.82 Å². The number of hydrogen-bond acceptors (Lipinski definition) is 2. The number of hydrogen-bond donors (Lipinski definition) is 1. The summed E-state index contributed by atoms with van der Waals surface area (Å²) < 4.78 is 13.9. The third kappa shape index (κ3) is 1.92. The fourth-order valence-corrected chi connectivity index (χ4v) is 2.66. The number of rotatable bonds is 2. The van der Waals surface area contributed by atoms with Gasteiger partial charge < -0.3 is 10.6 Å². The van der Waals surface area contributed by atoms with E-state index in [1.807, 2.05) is 6.07 Å². The van der Waals surface area contributed by atoms with Crippen LogP contribution in [0.4, 0.5) is 10.1 Å². The highest BCUT2D eigenvalue weighted by Crippen LogP contribution is 2.33. The van der Waals surface area contributed by atoms with E-state index in [9.17, 15) is 4.39 Å². The number of para-hydroxylation sites is 1. The van der Waals surface area contributed by atoms with Crippen LogP contribution in [-0.2, 0) is 6.54 Å². The van der Waals surface area contributed by atoms with Gasteiger partial charge in [-0.25, -0.2) is 4.39 Å². The molecule has 1 aliphatic heterocycles. The molecule has 16 heavy (non-hydrogen) atoms. The molecule has 1 saturated heterocycles. The Hall–Kier alpha value is -1.09. The maximum atomic E-state index is 13.9. The van der Waals surface area contributed by atoms with Crippen molar-refractivity contribution in [3.8, 4) is 0 Å². The number of benzene rings is 1. The van der Waals surface area contributed by atoms with Crippen molar-refractivity contribution in [1.82, 2.24) is 0 Å². The minimum atomic E-state index is -0.149. The van der Waals surface area contributed by atoms with Crippen molar-refractivity contribution in [3.05, 3.63) is 29.6 Å². The molecule has 0 spiro atoms. The molecule has 2 rings (SSSR count). The van der Waals surface area contributed by atoms with Gasteiger partial charge in [0.25, 0.3) is 0 Å². The first kappa shape index (κ1) is 11.4. The van der Waals surface area contributed by atoms with E-state index in [0.717, 1.165) is 18.5 Å². The summed E-state index contributed by atoms with van der Waals surface area (Å²) in [7, 11) is 0. The van der Waals surface area contributed by atoms with Crippen LogP contribution in [0.3, 0.4) is 0 Å². The molecule has 2 N–H and O–H groups in total. The maximum Gasteiger partial charge on any atom is 0.146 e. The van der Waals surface area contributed by atoms with Gasteiger partial charge in [-0.1, -0.05) is 19.1 Å². The molecule has 0 aliphatic carbocycles. The Kier molecular flexibility index (Phi) is 3.15. The largest absolute Gasteiger partial charge is 0.366 e. The standard InChI is InChI=1S/C13H19FN2/c1-9-6-10(2)16(8-9)13-11(7-15)4-3-5-12(13)14/h3-5,9-10H,6-8,15H2,1-2H3. The highest BCUT2D eigenvalue weighted by molar-refractivity contribution is 5.56. The maximum absolute atomic E-state index is 13.9. The molecule has 2 unspecified atom stereocenters. The topological polar surface area (TPSA) is 29.3 Å². The van der Waals surface area contributed by atoms with E-state index in [1.54, 1.807) is 6.07 Å². The molecule has 0 saturated carbocycles. The van der Waals surface area contributed by atoms with Crippen molar-refractivity contribution >= 4 is 5.69 Å². The van der Waals surface area contributed by atoms with Crippen molar-refractivity contribution in [2.75, 3.05) is 11.4 Å². The normalized spacial score (nSPS) is 25.1. The molecule has 0 bridgehead atoms. The van der Waals surface area contributed by atoms with Crippen LogP contribution in [0.2, 0.25) is 0 Å². The van der Waals surface area contributed by atoms with Gasteiger partial charge in [0.1, 0.15) is 5.82 Å². The molecular weight excluding hydrogens is 203 g/mol. The van der Waals surface area contributed by atoms with E-state index in [0.29, 0.717) is 24.2 Å². The zero-order valence-corrected chi connectivity index (χ0v) is 9.91. The van der Waals surface area contributed by atoms with Crippen LogP contribution in [0.25, 0.3) is 0 Å². The molecule has 1 aromatic carbocycles. The van der Waals surface area contributed by atoms with Gasteiger partial charge in [0.05, 0.1) is 5.69 Å². The van der Waals surface area contributed by atoms with Crippen molar-refractivity contribution in [2.24, 2.45) is 11.7 Å². The summed E-state index contributed by atoms with van der Waals surface area (Å²) >= 11 is 0. The predicted octanol–water partition coefficient (Wildman–Crippen LogP) is 2.52. The van der Waals surface area contributed by atoms with Crippen LogP contribution in [0.5, 0.6) is 0 Å². The third-order valence-corrected chi connectivity index (χ3v) is 3.36. The van der Waals surface area contributed by atoms with Crippen molar-refractivity contribution in [2.45, 2.75) is 32.9 Å². The van der Waals surface area contributed by atoms with Gasteiger partial charge in [-0.2, -0.15) is 0 Å². The Balaban J connectivity index is 2.39. The Morgan fingerprint density at radius 3 is 2.75 bits per heavy atom. The fraction of sp³-hybridized carbons (Fsp3) is 0.538. The van der Waals surface area contributed by atoms with Gasteiger partial charge in [0.2, 0.25) is 0 Å². The van der Waals surface area contributed by atoms with Gasteiger partial charge in [0, 0.05) is 19.1 Å². The first-order chi connectivity index (χ1) is 7.63. The minimum absolute atomic E-state index is 0.149. The zero-order chi connectivity index (χ0) is 11.7. The van der Waals surface area contributed by atoms with Crippen LogP contribution in [-0.4, -0.2) is 12.6 Å². The van der Waals surface area contributed by atoms with Crippen LogP contribution >= 0.6 is 0 Å². The molecule has 1 heterocycles. The van der Waals surface area contributed by atoms with E-state index in [1.165, 1.54) is 6.07 Å². The summed E-state index contributed by atoms with van der Waals surface area (Å²) in [4.78, 5) is 2.15. The van der Waals surface area contributed by atoms with E-state index >= 15 is 0 Å². The summed E-state index contributed by atoms with van der Waals surface area (Å²) in [5.74, 6) is 0.476. The summed E-state index contributed by atoms with van der Waals surface area (Å²) in [6, 6.07) is 5.56. The highest BCUT2D eigenvalue weighted by atomic mass is 19.1. The molecule has 2 atom stereocenters. The lowest BCUT2D eigenvalue weighted by molar-refractivity contribution is 0.609. The summed E-state index contributed by atoms with van der Waals surface area (Å²) in [6.07, 6.45) is 1.12. The molecule has 1 aliphatic rings. The molecule has 2 nitrogen and oxygen atoms in total. The van der Waals surface area contributed by atoms with Gasteiger partial charge in [-0.15, -0.1) is 0 Å². The molecule has 0 amide bonds. The van der Waals surface area contributed by atoms with E-state index in [4.69, 9.17) is 5.73 Å². The number of nitrogens with two attached hydrogens (primary N) is 1. The minimum Gasteiger partial charge on any atom is -0.366 e. The summed E-state index contributed by atoms with van der Waals surface area (Å²) in [6.45, 7) is 5.68. The van der Waals surface area contributed by atoms with Gasteiger partial charge >= 0.3 is 0 Å². The van der Waals surface area contributed by atoms with Gasteiger partial charge in [-0.05, 0) is 30.9 Å². The number of nitrogens with zero attached hydrogens (tertiary/aromatic N) is 1. The molecule has 3 heteroatoms. The van der Waals surface area contributed by atoms with E-state index < -0.39 is 0 Å². The molecule has 1 aromatic rings. The Morgan fingerprint density at radius 2 is 2.19 bits per heavy atom. The van der Waals surface area contributed by atoms with Crippen LogP contribution < -0.4 is 10.6 Å². The van der Waals surface area contributed by atoms with Crippen molar-refractivity contribution in [3.63, 3.8) is 0 Å². The quantitative estimate of drug-likeness (QED) is 0.833. The third-order valence-electron chi connectivity index (χ3n) is 3.36.